The number of carbonyl (C=O) groups excluding carboxylic acids is 2. The fourth-order valence-corrected chi connectivity index (χ4v) is 2.97. The second-order valence-corrected chi connectivity index (χ2v) is 6.69. The van der Waals surface area contributed by atoms with Gasteiger partial charge in [0.1, 0.15) is 0 Å². The Balaban J connectivity index is 1.68. The van der Waals surface area contributed by atoms with E-state index in [4.69, 9.17) is 14.7 Å². The van der Waals surface area contributed by atoms with Crippen LogP contribution >= 0.6 is 0 Å². The molecule has 0 saturated carbocycles. The van der Waals surface area contributed by atoms with Gasteiger partial charge in [-0.2, -0.15) is 10.4 Å². The number of benzene rings is 2. The third kappa shape index (κ3) is 5.48. The lowest BCUT2D eigenvalue weighted by Gasteiger charge is -2.12. The van der Waals surface area contributed by atoms with E-state index < -0.39 is 0 Å². The van der Waals surface area contributed by atoms with Gasteiger partial charge in [-0.15, -0.1) is 0 Å². The zero-order chi connectivity index (χ0) is 22.2. The lowest BCUT2D eigenvalue weighted by molar-refractivity contribution is -0.125. The van der Waals surface area contributed by atoms with E-state index in [2.05, 4.69) is 10.4 Å². The van der Waals surface area contributed by atoms with E-state index in [1.807, 2.05) is 24.3 Å². The van der Waals surface area contributed by atoms with E-state index in [9.17, 15) is 9.59 Å². The van der Waals surface area contributed by atoms with Crippen LogP contribution in [0.5, 0.6) is 11.5 Å². The number of hydrogen-bond donors (Lipinski definition) is 1. The highest BCUT2D eigenvalue weighted by Crippen LogP contribution is 2.30. The highest BCUT2D eigenvalue weighted by atomic mass is 16.5. The number of amides is 2. The minimum Gasteiger partial charge on any atom is -0.493 e. The quantitative estimate of drug-likeness (QED) is 0.663. The summed E-state index contributed by atoms with van der Waals surface area (Å²) in [5.74, 6) is 0.305. The summed E-state index contributed by atoms with van der Waals surface area (Å²) in [4.78, 5) is 24.6. The van der Waals surface area contributed by atoms with Crippen LogP contribution in [-0.4, -0.2) is 42.8 Å². The molecule has 0 saturated heterocycles. The van der Waals surface area contributed by atoms with E-state index in [0.717, 1.165) is 5.56 Å². The number of para-hydroxylation sites is 1. The molecule has 0 unspecified atom stereocenters. The van der Waals surface area contributed by atoms with E-state index in [-0.39, 0.29) is 31.4 Å². The molecule has 0 fully saturated rings. The summed E-state index contributed by atoms with van der Waals surface area (Å²) < 4.78 is 11.0. The van der Waals surface area contributed by atoms with Gasteiger partial charge in [0.05, 0.1) is 37.4 Å². The molecule has 0 bridgehead atoms. The fraction of sp³-hybridized carbons (Fsp3) is 0.217. The van der Waals surface area contributed by atoms with Crippen molar-refractivity contribution in [1.29, 1.82) is 5.26 Å². The molecule has 2 aromatic carbocycles. The number of nitrogens with one attached hydrogen (secondary N) is 1. The van der Waals surface area contributed by atoms with Gasteiger partial charge in [-0.1, -0.05) is 24.3 Å². The molecule has 158 valence electrons. The van der Waals surface area contributed by atoms with Crippen LogP contribution in [0.15, 0.2) is 59.2 Å². The van der Waals surface area contributed by atoms with E-state index in [1.165, 1.54) is 12.1 Å². The molecule has 0 aliphatic carbocycles. The molecule has 1 aliphatic heterocycles. The normalized spacial score (nSPS) is 14.2. The number of carbonyl (C=O) groups is 2. The zero-order valence-electron chi connectivity index (χ0n) is 17.3. The van der Waals surface area contributed by atoms with Crippen molar-refractivity contribution in [2.45, 2.75) is 13.3 Å². The summed E-state index contributed by atoms with van der Waals surface area (Å²) in [6.45, 7) is 1.82. The average Bonchev–Trinajstić information content (AvgIpc) is 3.04. The molecule has 1 N–H and O–H groups in total. The first-order valence-corrected chi connectivity index (χ1v) is 9.63. The van der Waals surface area contributed by atoms with Crippen molar-refractivity contribution in [1.82, 2.24) is 5.01 Å². The summed E-state index contributed by atoms with van der Waals surface area (Å²) in [6, 6.07) is 16.3. The lowest BCUT2D eigenvalue weighted by Crippen LogP contribution is -2.22. The summed E-state index contributed by atoms with van der Waals surface area (Å²) in [5, 5.41) is 17.0. The maximum Gasteiger partial charge on any atom is 0.275 e. The van der Waals surface area contributed by atoms with Gasteiger partial charge in [-0.3, -0.25) is 9.59 Å². The maximum atomic E-state index is 12.5. The monoisotopic (exact) mass is 418 g/mol. The van der Waals surface area contributed by atoms with Gasteiger partial charge in [-0.25, -0.2) is 5.01 Å². The Bertz CT molecular complexity index is 1070. The summed E-state index contributed by atoms with van der Waals surface area (Å²) in [6.07, 6.45) is 1.93. The highest BCUT2D eigenvalue weighted by Gasteiger charge is 2.27. The van der Waals surface area contributed by atoms with Crippen LogP contribution in [0.4, 0.5) is 5.69 Å². The Kier molecular flexibility index (Phi) is 7.01. The van der Waals surface area contributed by atoms with Gasteiger partial charge < -0.3 is 14.8 Å². The second kappa shape index (κ2) is 10.1. The molecular formula is C23H22N4O4. The number of ether oxygens (including phenoxy) is 2. The predicted molar refractivity (Wildman–Crippen MR) is 117 cm³/mol. The van der Waals surface area contributed by atoms with Gasteiger partial charge in [0.15, 0.2) is 18.1 Å². The van der Waals surface area contributed by atoms with Gasteiger partial charge in [0, 0.05) is 5.69 Å². The molecule has 0 spiro atoms. The van der Waals surface area contributed by atoms with E-state index >= 15 is 0 Å². The Morgan fingerprint density at radius 3 is 2.71 bits per heavy atom. The predicted octanol–water partition coefficient (Wildman–Crippen LogP) is 3.23. The Labute approximate surface area is 180 Å². The highest BCUT2D eigenvalue weighted by molar-refractivity contribution is 6.26. The third-order valence-corrected chi connectivity index (χ3v) is 4.48. The topological polar surface area (TPSA) is 104 Å². The molecule has 8 nitrogen and oxygen atoms in total. The van der Waals surface area contributed by atoms with Crippen LogP contribution < -0.4 is 14.8 Å². The molecule has 1 heterocycles. The first-order chi connectivity index (χ1) is 15.0. The first kappa shape index (κ1) is 21.6. The first-order valence-electron chi connectivity index (χ1n) is 9.63. The molecule has 0 radical (unpaired) electrons. The number of nitriles is 1. The smallest absolute Gasteiger partial charge is 0.275 e. The number of methoxy groups -OCH3 is 1. The van der Waals surface area contributed by atoms with Crippen molar-refractivity contribution in [3.8, 4) is 17.6 Å². The minimum atomic E-state index is -0.291. The number of hydrogen-bond acceptors (Lipinski definition) is 6. The Morgan fingerprint density at radius 2 is 2.00 bits per heavy atom. The van der Waals surface area contributed by atoms with Crippen molar-refractivity contribution < 1.29 is 19.1 Å². The van der Waals surface area contributed by atoms with Crippen molar-refractivity contribution in [2.75, 3.05) is 25.6 Å². The zero-order valence-corrected chi connectivity index (χ0v) is 17.3. The van der Waals surface area contributed by atoms with E-state index in [1.54, 1.807) is 43.3 Å². The molecule has 2 aromatic rings. The second-order valence-electron chi connectivity index (χ2n) is 6.69. The van der Waals surface area contributed by atoms with E-state index in [0.29, 0.717) is 28.5 Å². The number of anilines is 1. The molecule has 3 rings (SSSR count). The molecule has 1 aliphatic rings. The summed E-state index contributed by atoms with van der Waals surface area (Å²) >= 11 is 0. The van der Waals surface area contributed by atoms with Crippen LogP contribution in [-0.2, 0) is 9.59 Å². The maximum absolute atomic E-state index is 12.5. The SMILES string of the molecule is COc1cc(/C=C2/C(=O)N(CCC#N)N=C2C)ccc1OCC(=O)Nc1ccccc1. The lowest BCUT2D eigenvalue weighted by atomic mass is 10.1. The molecule has 31 heavy (non-hydrogen) atoms. The van der Waals surface area contributed by atoms with Crippen molar-refractivity contribution in [2.24, 2.45) is 5.10 Å². The fourth-order valence-electron chi connectivity index (χ4n) is 2.97. The van der Waals surface area contributed by atoms with Gasteiger partial charge in [0.2, 0.25) is 0 Å². The van der Waals surface area contributed by atoms with Crippen LogP contribution in [0.1, 0.15) is 18.9 Å². The third-order valence-electron chi connectivity index (χ3n) is 4.48. The van der Waals surface area contributed by atoms with Crippen molar-refractivity contribution >= 4 is 29.3 Å². The Hall–Kier alpha value is -4.12. The van der Waals surface area contributed by atoms with Gasteiger partial charge in [0.25, 0.3) is 11.8 Å². The van der Waals surface area contributed by atoms with Crippen LogP contribution in [0.3, 0.4) is 0 Å². The molecule has 8 heteroatoms. The minimum absolute atomic E-state index is 0.177. The largest absolute Gasteiger partial charge is 0.493 e. The number of hydrazone groups is 1. The van der Waals surface area contributed by atoms with Gasteiger partial charge >= 0.3 is 0 Å². The van der Waals surface area contributed by atoms with Crippen LogP contribution in [0.2, 0.25) is 0 Å². The molecule has 2 amide bonds. The van der Waals surface area contributed by atoms with Crippen LogP contribution in [0, 0.1) is 11.3 Å². The summed E-state index contributed by atoms with van der Waals surface area (Å²) in [5.41, 5.74) is 2.45. The van der Waals surface area contributed by atoms with Crippen molar-refractivity contribution in [3.05, 3.63) is 59.7 Å². The van der Waals surface area contributed by atoms with Crippen LogP contribution in [0.25, 0.3) is 6.08 Å². The molecule has 0 aromatic heterocycles. The number of rotatable bonds is 8. The standard InChI is InChI=1S/C23H22N4O4/c1-16-19(23(29)27(26-16)12-6-11-24)13-17-9-10-20(21(14-17)30-2)31-15-22(28)25-18-7-4-3-5-8-18/h3-5,7-10,13-14H,6,12,15H2,1-2H3,(H,25,28)/b19-13+. The average molecular weight is 418 g/mol. The van der Waals surface area contributed by atoms with Crippen molar-refractivity contribution in [3.63, 3.8) is 0 Å². The Morgan fingerprint density at radius 1 is 1.23 bits per heavy atom. The molecular weight excluding hydrogens is 396 g/mol. The van der Waals surface area contributed by atoms with Gasteiger partial charge in [-0.05, 0) is 42.8 Å². The number of nitrogens with zero attached hydrogens (tertiary/aromatic N) is 3. The summed E-state index contributed by atoms with van der Waals surface area (Å²) in [7, 11) is 1.50. The molecule has 0 atom stereocenters.